The Morgan fingerprint density at radius 2 is 1.76 bits per heavy atom. The van der Waals surface area contributed by atoms with Crippen molar-refractivity contribution in [3.8, 4) is 11.3 Å². The van der Waals surface area contributed by atoms with Gasteiger partial charge in [0.2, 0.25) is 11.9 Å². The monoisotopic (exact) mass is 470 g/mol. The Labute approximate surface area is 193 Å². The summed E-state index contributed by atoms with van der Waals surface area (Å²) in [6.45, 7) is 2.88. The summed E-state index contributed by atoms with van der Waals surface area (Å²) < 4.78 is 33.8. The molecular formula is C21H20F2N8OS. The SMILES string of the molecule is Nc1ncc(-c2nc(N3CCOCC3)nc3c2CCN3C(=S)Nc2c(F)cccc2F)cn1. The highest BCUT2D eigenvalue weighted by atomic mass is 32.1. The second-order valence-electron chi connectivity index (χ2n) is 7.53. The van der Waals surface area contributed by atoms with Crippen molar-refractivity contribution < 1.29 is 13.5 Å². The number of anilines is 4. The van der Waals surface area contributed by atoms with Gasteiger partial charge in [-0.1, -0.05) is 6.07 Å². The van der Waals surface area contributed by atoms with Crippen molar-refractivity contribution in [1.82, 2.24) is 19.9 Å². The van der Waals surface area contributed by atoms with Crippen LogP contribution in [0.4, 0.5) is 32.2 Å². The van der Waals surface area contributed by atoms with Gasteiger partial charge in [0.1, 0.15) is 23.1 Å². The third-order valence-corrected chi connectivity index (χ3v) is 5.82. The van der Waals surface area contributed by atoms with Crippen LogP contribution in [0.3, 0.4) is 0 Å². The third kappa shape index (κ3) is 4.14. The van der Waals surface area contributed by atoms with Crippen LogP contribution < -0.4 is 20.9 Å². The van der Waals surface area contributed by atoms with Gasteiger partial charge in [0, 0.05) is 43.2 Å². The van der Waals surface area contributed by atoms with E-state index in [1.807, 2.05) is 4.90 Å². The van der Waals surface area contributed by atoms with Gasteiger partial charge in [0.05, 0.1) is 18.9 Å². The number of aromatic nitrogens is 4. The van der Waals surface area contributed by atoms with Crippen molar-refractivity contribution in [1.29, 1.82) is 0 Å². The molecule has 2 aliphatic rings. The number of rotatable bonds is 3. The molecule has 9 nitrogen and oxygen atoms in total. The number of nitrogens with one attached hydrogen (secondary N) is 1. The molecule has 0 amide bonds. The minimum Gasteiger partial charge on any atom is -0.378 e. The first kappa shape index (κ1) is 21.3. The van der Waals surface area contributed by atoms with Crippen molar-refractivity contribution >= 4 is 40.7 Å². The van der Waals surface area contributed by atoms with Crippen molar-refractivity contribution in [3.05, 3.63) is 47.8 Å². The Hall–Kier alpha value is -3.51. The first-order chi connectivity index (χ1) is 16.0. The number of thiocarbonyl (C=S) groups is 1. The Kier molecular flexibility index (Phi) is 5.68. The summed E-state index contributed by atoms with van der Waals surface area (Å²) in [6.07, 6.45) is 3.81. The number of benzene rings is 1. The molecule has 33 heavy (non-hydrogen) atoms. The number of morpholine rings is 1. The highest BCUT2D eigenvalue weighted by molar-refractivity contribution is 7.80. The molecule has 0 atom stereocenters. The summed E-state index contributed by atoms with van der Waals surface area (Å²) >= 11 is 5.51. The van der Waals surface area contributed by atoms with E-state index in [2.05, 4.69) is 15.3 Å². The molecule has 12 heteroatoms. The first-order valence-electron chi connectivity index (χ1n) is 10.4. The number of hydrogen-bond donors (Lipinski definition) is 2. The highest BCUT2D eigenvalue weighted by Crippen LogP contribution is 2.36. The van der Waals surface area contributed by atoms with Crippen LogP contribution in [-0.4, -0.2) is 57.9 Å². The zero-order valence-electron chi connectivity index (χ0n) is 17.5. The van der Waals surface area contributed by atoms with Gasteiger partial charge in [-0.15, -0.1) is 0 Å². The summed E-state index contributed by atoms with van der Waals surface area (Å²) in [4.78, 5) is 21.5. The van der Waals surface area contributed by atoms with Crippen LogP contribution in [0.1, 0.15) is 5.56 Å². The van der Waals surface area contributed by atoms with Crippen LogP contribution in [-0.2, 0) is 11.2 Å². The van der Waals surface area contributed by atoms with E-state index < -0.39 is 11.6 Å². The number of hydrogen-bond acceptors (Lipinski definition) is 8. The molecule has 0 radical (unpaired) electrons. The van der Waals surface area contributed by atoms with Crippen LogP contribution in [0.25, 0.3) is 11.3 Å². The predicted octanol–water partition coefficient (Wildman–Crippen LogP) is 2.39. The smallest absolute Gasteiger partial charge is 0.228 e. The van der Waals surface area contributed by atoms with Crippen LogP contribution >= 0.6 is 12.2 Å². The number of para-hydroxylation sites is 1. The molecule has 2 aromatic heterocycles. The molecule has 1 saturated heterocycles. The molecule has 0 bridgehead atoms. The van der Waals surface area contributed by atoms with Gasteiger partial charge in [-0.2, -0.15) is 4.98 Å². The maximum atomic E-state index is 14.2. The van der Waals surface area contributed by atoms with E-state index in [9.17, 15) is 8.78 Å². The van der Waals surface area contributed by atoms with E-state index in [-0.39, 0.29) is 16.7 Å². The molecule has 3 aromatic rings. The quantitative estimate of drug-likeness (QED) is 0.555. The van der Waals surface area contributed by atoms with Crippen LogP contribution in [0.2, 0.25) is 0 Å². The summed E-state index contributed by atoms with van der Waals surface area (Å²) in [6, 6.07) is 3.64. The summed E-state index contributed by atoms with van der Waals surface area (Å²) in [7, 11) is 0. The lowest BCUT2D eigenvalue weighted by atomic mass is 10.1. The molecule has 0 saturated carbocycles. The maximum absolute atomic E-state index is 14.2. The molecule has 5 rings (SSSR count). The van der Waals surface area contributed by atoms with Gasteiger partial charge in [-0.25, -0.2) is 23.7 Å². The zero-order chi connectivity index (χ0) is 22.9. The number of nitrogens with zero attached hydrogens (tertiary/aromatic N) is 6. The molecule has 1 fully saturated rings. The van der Waals surface area contributed by atoms with Crippen molar-refractivity contribution in [2.75, 3.05) is 53.7 Å². The van der Waals surface area contributed by atoms with E-state index in [0.717, 1.165) is 5.56 Å². The second kappa shape index (κ2) is 8.79. The van der Waals surface area contributed by atoms with Crippen molar-refractivity contribution in [3.63, 3.8) is 0 Å². The Morgan fingerprint density at radius 1 is 1.06 bits per heavy atom. The first-order valence-corrected chi connectivity index (χ1v) is 10.8. The fraction of sp³-hybridized carbons (Fsp3) is 0.286. The van der Waals surface area contributed by atoms with Crippen molar-refractivity contribution in [2.24, 2.45) is 0 Å². The molecular weight excluding hydrogens is 450 g/mol. The average molecular weight is 471 g/mol. The highest BCUT2D eigenvalue weighted by Gasteiger charge is 2.31. The molecule has 2 aliphatic heterocycles. The molecule has 3 N–H and O–H groups in total. The van der Waals surface area contributed by atoms with Crippen LogP contribution in [0.15, 0.2) is 30.6 Å². The van der Waals surface area contributed by atoms with Gasteiger partial charge in [0.25, 0.3) is 0 Å². The largest absolute Gasteiger partial charge is 0.378 e. The Bertz CT molecular complexity index is 1180. The van der Waals surface area contributed by atoms with Gasteiger partial charge >= 0.3 is 0 Å². The predicted molar refractivity (Wildman–Crippen MR) is 124 cm³/mol. The maximum Gasteiger partial charge on any atom is 0.228 e. The van der Waals surface area contributed by atoms with E-state index in [1.54, 1.807) is 17.3 Å². The van der Waals surface area contributed by atoms with Crippen LogP contribution in [0.5, 0.6) is 0 Å². The second-order valence-corrected chi connectivity index (χ2v) is 7.92. The standard InChI is InChI=1S/C21H20F2N8OS/c22-14-2-1-3-15(23)17(14)28-21(33)31-5-4-13-16(12-10-25-19(24)26-11-12)27-20(29-18(13)31)30-6-8-32-9-7-30/h1-3,10-11H,4-9H2,(H,28,33)(H2,24,25,26). The lowest BCUT2D eigenvalue weighted by Crippen LogP contribution is -2.38. The molecule has 0 spiro atoms. The number of nitrogens with two attached hydrogens (primary N) is 1. The van der Waals surface area contributed by atoms with Crippen molar-refractivity contribution in [2.45, 2.75) is 6.42 Å². The zero-order valence-corrected chi connectivity index (χ0v) is 18.3. The Balaban J connectivity index is 1.55. The van der Waals surface area contributed by atoms with Crippen LogP contribution in [0, 0.1) is 11.6 Å². The number of halogens is 2. The number of fused-ring (bicyclic) bond motifs is 1. The third-order valence-electron chi connectivity index (χ3n) is 5.49. The summed E-state index contributed by atoms with van der Waals surface area (Å²) in [5.41, 5.74) is 7.56. The molecule has 0 unspecified atom stereocenters. The Morgan fingerprint density at radius 3 is 2.45 bits per heavy atom. The van der Waals surface area contributed by atoms with E-state index in [1.165, 1.54) is 18.2 Å². The summed E-state index contributed by atoms with van der Waals surface area (Å²) in [5.74, 6) is -0.207. The van der Waals surface area contributed by atoms with Gasteiger partial charge in [-0.3, -0.25) is 0 Å². The molecule has 0 aliphatic carbocycles. The molecule has 4 heterocycles. The fourth-order valence-corrected chi connectivity index (χ4v) is 4.12. The number of nitrogen functional groups attached to an aromatic ring is 1. The topological polar surface area (TPSA) is 105 Å². The fourth-order valence-electron chi connectivity index (χ4n) is 3.84. The minimum absolute atomic E-state index is 0.142. The lowest BCUT2D eigenvalue weighted by molar-refractivity contribution is 0.122. The van der Waals surface area contributed by atoms with Gasteiger partial charge in [0.15, 0.2) is 5.11 Å². The minimum atomic E-state index is -0.729. The van der Waals surface area contributed by atoms with Gasteiger partial charge in [-0.05, 0) is 30.8 Å². The lowest BCUT2D eigenvalue weighted by Gasteiger charge is -2.28. The van der Waals surface area contributed by atoms with Gasteiger partial charge < -0.3 is 25.6 Å². The van der Waals surface area contributed by atoms with E-state index >= 15 is 0 Å². The summed E-state index contributed by atoms with van der Waals surface area (Å²) in [5, 5.41) is 2.84. The normalized spacial score (nSPS) is 15.5. The molecule has 1 aromatic carbocycles. The van der Waals surface area contributed by atoms with E-state index in [4.69, 9.17) is 32.7 Å². The number of ether oxygens (including phenoxy) is 1. The average Bonchev–Trinajstić information content (AvgIpc) is 3.26. The van der Waals surface area contributed by atoms with E-state index in [0.29, 0.717) is 62.3 Å². The molecule has 170 valence electrons.